The first-order chi connectivity index (χ1) is 11.0. The first-order valence-corrected chi connectivity index (χ1v) is 8.77. The summed E-state index contributed by atoms with van der Waals surface area (Å²) in [5.41, 5.74) is 8.00. The van der Waals surface area contributed by atoms with E-state index in [0.29, 0.717) is 21.7 Å². The number of aromatic nitrogens is 2. The van der Waals surface area contributed by atoms with Crippen LogP contribution in [0, 0.1) is 3.57 Å². The van der Waals surface area contributed by atoms with Crippen molar-refractivity contribution in [2.75, 3.05) is 43.9 Å². The summed E-state index contributed by atoms with van der Waals surface area (Å²) in [6, 6.07) is 3.84. The van der Waals surface area contributed by atoms with Gasteiger partial charge in [0.15, 0.2) is 11.4 Å². The summed E-state index contributed by atoms with van der Waals surface area (Å²) in [4.78, 5) is 13.3. The van der Waals surface area contributed by atoms with Gasteiger partial charge in [0, 0.05) is 29.7 Å². The van der Waals surface area contributed by atoms with Gasteiger partial charge in [0.2, 0.25) is 5.95 Å². The molecule has 2 aromatic heterocycles. The molecule has 6 nitrogen and oxygen atoms in total. The predicted octanol–water partition coefficient (Wildman–Crippen LogP) is 2.97. The lowest BCUT2D eigenvalue weighted by molar-refractivity contribution is 0.312. The average molecular weight is 444 g/mol. The second kappa shape index (κ2) is 5.64. The van der Waals surface area contributed by atoms with E-state index in [-0.39, 0.29) is 5.95 Å². The van der Waals surface area contributed by atoms with Crippen LogP contribution in [-0.4, -0.2) is 48.1 Å². The Balaban J connectivity index is 1.97. The van der Waals surface area contributed by atoms with E-state index in [2.05, 4.69) is 49.4 Å². The number of likely N-dealkylation sites (N-methyl/N-ethyl adjacent to an activating group) is 1. The van der Waals surface area contributed by atoms with Crippen LogP contribution in [0.3, 0.4) is 0 Å². The molecule has 1 aliphatic rings. The van der Waals surface area contributed by atoms with Crippen molar-refractivity contribution in [1.82, 2.24) is 14.9 Å². The molecule has 0 bridgehead atoms. The summed E-state index contributed by atoms with van der Waals surface area (Å²) >= 11 is 8.67. The Morgan fingerprint density at radius 1 is 1.22 bits per heavy atom. The molecule has 0 radical (unpaired) electrons. The number of hydrogen-bond acceptors (Lipinski definition) is 6. The van der Waals surface area contributed by atoms with Crippen molar-refractivity contribution in [3.63, 3.8) is 0 Å². The van der Waals surface area contributed by atoms with Crippen LogP contribution in [0.4, 0.5) is 11.8 Å². The fourth-order valence-electron chi connectivity index (χ4n) is 2.90. The van der Waals surface area contributed by atoms with Gasteiger partial charge in [-0.15, -0.1) is 0 Å². The van der Waals surface area contributed by atoms with Crippen molar-refractivity contribution in [1.29, 1.82) is 0 Å². The van der Waals surface area contributed by atoms with E-state index in [0.717, 1.165) is 41.0 Å². The average Bonchev–Trinajstić information content (AvgIpc) is 2.90. The molecule has 3 heterocycles. The predicted molar refractivity (Wildman–Crippen MR) is 101 cm³/mol. The quantitative estimate of drug-likeness (QED) is 0.583. The summed E-state index contributed by atoms with van der Waals surface area (Å²) < 4.78 is 6.99. The molecule has 1 saturated heterocycles. The van der Waals surface area contributed by atoms with Gasteiger partial charge in [-0.2, -0.15) is 4.98 Å². The van der Waals surface area contributed by atoms with Crippen molar-refractivity contribution in [3.05, 3.63) is 20.7 Å². The number of nitrogens with two attached hydrogens (primary N) is 1. The van der Waals surface area contributed by atoms with Gasteiger partial charge in [-0.3, -0.25) is 0 Å². The highest BCUT2D eigenvalue weighted by Crippen LogP contribution is 2.38. The number of benzene rings is 1. The van der Waals surface area contributed by atoms with E-state index < -0.39 is 0 Å². The van der Waals surface area contributed by atoms with Crippen molar-refractivity contribution in [2.24, 2.45) is 0 Å². The van der Waals surface area contributed by atoms with Crippen LogP contribution in [0.5, 0.6) is 0 Å². The summed E-state index contributed by atoms with van der Waals surface area (Å²) in [5, 5.41) is 1.45. The molecule has 0 amide bonds. The van der Waals surface area contributed by atoms with Gasteiger partial charge in [-0.1, -0.05) is 11.6 Å². The molecule has 0 unspecified atom stereocenters. The molecule has 3 aromatic rings. The topological polar surface area (TPSA) is 71.4 Å². The van der Waals surface area contributed by atoms with Crippen molar-refractivity contribution < 1.29 is 4.42 Å². The van der Waals surface area contributed by atoms with Crippen LogP contribution in [-0.2, 0) is 0 Å². The minimum atomic E-state index is 0.240. The monoisotopic (exact) mass is 443 g/mol. The number of nitrogen functional groups attached to an aromatic ring is 1. The van der Waals surface area contributed by atoms with Gasteiger partial charge in [-0.25, -0.2) is 4.98 Å². The van der Waals surface area contributed by atoms with Crippen molar-refractivity contribution in [2.45, 2.75) is 0 Å². The van der Waals surface area contributed by atoms with Crippen LogP contribution < -0.4 is 10.6 Å². The highest BCUT2D eigenvalue weighted by atomic mass is 127. The Labute approximate surface area is 151 Å². The highest BCUT2D eigenvalue weighted by molar-refractivity contribution is 14.1. The van der Waals surface area contributed by atoms with E-state index >= 15 is 0 Å². The Kier molecular flexibility index (Phi) is 3.73. The summed E-state index contributed by atoms with van der Waals surface area (Å²) in [6.07, 6.45) is 0. The Bertz CT molecular complexity index is 904. The third-order valence-electron chi connectivity index (χ3n) is 4.17. The lowest BCUT2D eigenvalue weighted by atomic mass is 10.2. The zero-order valence-electron chi connectivity index (χ0n) is 12.5. The molecule has 2 N–H and O–H groups in total. The molecular formula is C15H15ClIN5O. The van der Waals surface area contributed by atoms with Crippen LogP contribution in [0.15, 0.2) is 16.5 Å². The Hall–Kier alpha value is -1.32. The second-order valence-electron chi connectivity index (χ2n) is 5.71. The zero-order chi connectivity index (χ0) is 16.1. The number of nitrogens with zero attached hydrogens (tertiary/aromatic N) is 4. The number of anilines is 2. The van der Waals surface area contributed by atoms with Crippen LogP contribution in [0.2, 0.25) is 5.02 Å². The molecule has 1 fully saturated rings. The molecule has 0 saturated carbocycles. The number of fused-ring (bicyclic) bond motifs is 3. The molecule has 1 aliphatic heterocycles. The van der Waals surface area contributed by atoms with E-state index in [9.17, 15) is 0 Å². The molecule has 0 aliphatic carbocycles. The summed E-state index contributed by atoms with van der Waals surface area (Å²) in [7, 11) is 2.12. The summed E-state index contributed by atoms with van der Waals surface area (Å²) in [5.74, 6) is 0.993. The second-order valence-corrected chi connectivity index (χ2v) is 7.25. The lowest BCUT2D eigenvalue weighted by Gasteiger charge is -2.33. The number of hydrogen-bond donors (Lipinski definition) is 1. The number of rotatable bonds is 1. The third kappa shape index (κ3) is 2.50. The maximum Gasteiger partial charge on any atom is 0.222 e. The maximum absolute atomic E-state index is 6.47. The van der Waals surface area contributed by atoms with Gasteiger partial charge < -0.3 is 20.0 Å². The first-order valence-electron chi connectivity index (χ1n) is 7.32. The molecule has 120 valence electrons. The van der Waals surface area contributed by atoms with Gasteiger partial charge in [0.1, 0.15) is 11.1 Å². The lowest BCUT2D eigenvalue weighted by Crippen LogP contribution is -2.44. The minimum Gasteiger partial charge on any atom is -0.450 e. The normalized spacial score (nSPS) is 16.6. The van der Waals surface area contributed by atoms with Gasteiger partial charge in [0.05, 0.1) is 10.4 Å². The standard InChI is InChI=1S/C15H15ClIN5O/c1-21-4-6-22(7-5-21)14-13-12(19-15(18)20-14)10-9(23-13)3-2-8(17)11(10)16/h2-3H,4-7H2,1H3,(H2,18,19,20). The van der Waals surface area contributed by atoms with E-state index in [4.69, 9.17) is 21.8 Å². The SMILES string of the molecule is CN1CCN(c2nc(N)nc3c2oc2ccc(I)c(Cl)c23)CC1. The van der Waals surface area contributed by atoms with E-state index in [1.165, 1.54) is 0 Å². The van der Waals surface area contributed by atoms with Gasteiger partial charge >= 0.3 is 0 Å². The molecular weight excluding hydrogens is 429 g/mol. The van der Waals surface area contributed by atoms with Crippen molar-refractivity contribution >= 4 is 68.0 Å². The maximum atomic E-state index is 6.47. The fraction of sp³-hybridized carbons (Fsp3) is 0.333. The summed E-state index contributed by atoms with van der Waals surface area (Å²) in [6.45, 7) is 3.71. The molecule has 0 spiro atoms. The number of piperazine rings is 1. The zero-order valence-corrected chi connectivity index (χ0v) is 15.4. The number of furan rings is 1. The number of halogens is 2. The molecule has 8 heteroatoms. The molecule has 23 heavy (non-hydrogen) atoms. The van der Waals surface area contributed by atoms with Crippen LogP contribution >= 0.6 is 34.2 Å². The van der Waals surface area contributed by atoms with Crippen LogP contribution in [0.25, 0.3) is 22.1 Å². The molecule has 4 rings (SSSR count). The molecule has 0 atom stereocenters. The molecule has 1 aromatic carbocycles. The highest BCUT2D eigenvalue weighted by Gasteiger charge is 2.23. The Morgan fingerprint density at radius 2 is 1.96 bits per heavy atom. The fourth-order valence-corrected chi connectivity index (χ4v) is 3.60. The van der Waals surface area contributed by atoms with Gasteiger partial charge in [0.25, 0.3) is 0 Å². The van der Waals surface area contributed by atoms with Crippen LogP contribution in [0.1, 0.15) is 0 Å². The third-order valence-corrected chi connectivity index (χ3v) is 5.78. The van der Waals surface area contributed by atoms with Gasteiger partial charge in [-0.05, 0) is 41.8 Å². The smallest absolute Gasteiger partial charge is 0.222 e. The van der Waals surface area contributed by atoms with Crippen molar-refractivity contribution in [3.8, 4) is 0 Å². The Morgan fingerprint density at radius 3 is 2.70 bits per heavy atom. The van der Waals surface area contributed by atoms with E-state index in [1.807, 2.05) is 12.1 Å². The first kappa shape index (κ1) is 15.2. The van der Waals surface area contributed by atoms with E-state index in [1.54, 1.807) is 0 Å². The largest absolute Gasteiger partial charge is 0.450 e. The minimum absolute atomic E-state index is 0.240.